The number of anilines is 1. The molecule has 0 atom stereocenters. The van der Waals surface area contributed by atoms with Gasteiger partial charge in [0.15, 0.2) is 11.6 Å². The molecule has 0 amide bonds. The zero-order valence-electron chi connectivity index (χ0n) is 8.53. The third-order valence-corrected chi connectivity index (χ3v) is 1.69. The number of carbonyl (C=O) groups excluding carboxylic acids is 1. The molecule has 1 rings (SSSR count). The van der Waals surface area contributed by atoms with Crippen LogP contribution >= 0.6 is 0 Å². The number of hydrogen-bond donors (Lipinski definition) is 1. The Bertz CT molecular complexity index is 425. The number of rotatable bonds is 4. The molecular weight excluding hydrogens is 192 g/mol. The number of Topliss-reactive ketones (excluding diaryl/α,β-unsaturated/α-hetero) is 1. The van der Waals surface area contributed by atoms with Gasteiger partial charge in [-0.15, -0.1) is 0 Å². The lowest BCUT2D eigenvalue weighted by Gasteiger charge is -2.01. The van der Waals surface area contributed by atoms with E-state index in [1.165, 1.54) is 6.08 Å². The summed E-state index contributed by atoms with van der Waals surface area (Å²) >= 11 is 0. The molecule has 0 bridgehead atoms. The van der Waals surface area contributed by atoms with Gasteiger partial charge in [0.1, 0.15) is 5.82 Å². The molecule has 0 aromatic carbocycles. The Labute approximate surface area is 87.8 Å². The van der Waals surface area contributed by atoms with Crippen LogP contribution in [0.3, 0.4) is 0 Å². The maximum atomic E-state index is 11.4. The largest absolute Gasteiger partial charge is 0.368 e. The number of nitrogens with two attached hydrogens (primary N) is 1. The fourth-order valence-corrected chi connectivity index (χ4v) is 0.922. The topological polar surface area (TPSA) is 81.8 Å². The summed E-state index contributed by atoms with van der Waals surface area (Å²) in [6, 6.07) is 0. The van der Waals surface area contributed by atoms with Crippen molar-refractivity contribution in [2.75, 3.05) is 5.73 Å². The summed E-state index contributed by atoms with van der Waals surface area (Å²) in [5, 5.41) is 0. The highest BCUT2D eigenvalue weighted by Gasteiger charge is 2.08. The number of nitrogen functional groups attached to an aromatic ring is 1. The van der Waals surface area contributed by atoms with Crippen LogP contribution < -0.4 is 5.73 Å². The molecule has 5 heteroatoms. The zero-order valence-corrected chi connectivity index (χ0v) is 8.53. The van der Waals surface area contributed by atoms with E-state index in [0.717, 1.165) is 0 Å². The number of hydrogen-bond acceptors (Lipinski definition) is 5. The highest BCUT2D eigenvalue weighted by Crippen LogP contribution is 2.02. The first-order valence-corrected chi connectivity index (χ1v) is 4.34. The molecule has 0 radical (unpaired) electrons. The molecule has 0 aliphatic rings. The maximum absolute atomic E-state index is 11.4. The van der Waals surface area contributed by atoms with Gasteiger partial charge in [-0.25, -0.2) is 4.98 Å². The lowest BCUT2D eigenvalue weighted by atomic mass is 10.1. The standard InChI is InChI=1S/C10H12N4O/c1-4-8-12-9(14-10(11)13-8)5-7(15)6(2)3/h4H,1-2,5H2,3H3,(H2,11,12,13,14). The quantitative estimate of drug-likeness (QED) is 0.733. The predicted octanol–water partition coefficient (Wildman–Crippen LogP) is 0.785. The SMILES string of the molecule is C=Cc1nc(N)nc(CC(=O)C(=C)C)n1. The van der Waals surface area contributed by atoms with Crippen molar-refractivity contribution in [2.45, 2.75) is 13.3 Å². The van der Waals surface area contributed by atoms with Crippen molar-refractivity contribution >= 4 is 17.8 Å². The Morgan fingerprint density at radius 1 is 1.47 bits per heavy atom. The molecule has 0 fully saturated rings. The Kier molecular flexibility index (Phi) is 3.28. The van der Waals surface area contributed by atoms with Crippen LogP contribution in [0.4, 0.5) is 5.95 Å². The van der Waals surface area contributed by atoms with Crippen LogP contribution in [0, 0.1) is 0 Å². The number of carbonyl (C=O) groups is 1. The number of ketones is 1. The average Bonchev–Trinajstić information content (AvgIpc) is 2.16. The van der Waals surface area contributed by atoms with Crippen molar-refractivity contribution in [3.05, 3.63) is 30.4 Å². The smallest absolute Gasteiger partial charge is 0.223 e. The van der Waals surface area contributed by atoms with Gasteiger partial charge < -0.3 is 5.73 Å². The van der Waals surface area contributed by atoms with Gasteiger partial charge in [0, 0.05) is 0 Å². The molecule has 1 aromatic heterocycles. The van der Waals surface area contributed by atoms with Gasteiger partial charge in [0.05, 0.1) is 6.42 Å². The van der Waals surface area contributed by atoms with Crippen LogP contribution in [-0.2, 0) is 11.2 Å². The van der Waals surface area contributed by atoms with Crippen LogP contribution in [-0.4, -0.2) is 20.7 Å². The van der Waals surface area contributed by atoms with Crippen LogP contribution in [0.25, 0.3) is 6.08 Å². The van der Waals surface area contributed by atoms with E-state index < -0.39 is 0 Å². The highest BCUT2D eigenvalue weighted by molar-refractivity contribution is 5.95. The first kappa shape index (κ1) is 11.0. The van der Waals surface area contributed by atoms with E-state index in [1.54, 1.807) is 6.92 Å². The van der Waals surface area contributed by atoms with E-state index >= 15 is 0 Å². The molecular formula is C10H12N4O. The van der Waals surface area contributed by atoms with E-state index in [4.69, 9.17) is 5.73 Å². The van der Waals surface area contributed by atoms with Crippen molar-refractivity contribution < 1.29 is 4.79 Å². The minimum Gasteiger partial charge on any atom is -0.368 e. The van der Waals surface area contributed by atoms with Gasteiger partial charge in [-0.05, 0) is 18.6 Å². The van der Waals surface area contributed by atoms with Crippen molar-refractivity contribution in [1.29, 1.82) is 0 Å². The Morgan fingerprint density at radius 3 is 2.67 bits per heavy atom. The molecule has 0 saturated heterocycles. The second kappa shape index (κ2) is 4.45. The molecule has 0 unspecified atom stereocenters. The van der Waals surface area contributed by atoms with E-state index in [-0.39, 0.29) is 18.2 Å². The summed E-state index contributed by atoms with van der Waals surface area (Å²) in [6.07, 6.45) is 1.54. The van der Waals surface area contributed by atoms with E-state index in [9.17, 15) is 4.79 Å². The van der Waals surface area contributed by atoms with Gasteiger partial charge in [0.2, 0.25) is 5.95 Å². The molecule has 0 saturated carbocycles. The molecule has 0 aliphatic heterocycles. The number of nitrogens with zero attached hydrogens (tertiary/aromatic N) is 3. The number of allylic oxidation sites excluding steroid dienone is 1. The Hall–Kier alpha value is -2.04. The fraction of sp³-hybridized carbons (Fsp3) is 0.200. The summed E-state index contributed by atoms with van der Waals surface area (Å²) in [7, 11) is 0. The van der Waals surface area contributed by atoms with Crippen molar-refractivity contribution in [1.82, 2.24) is 15.0 Å². The second-order valence-corrected chi connectivity index (χ2v) is 3.05. The molecule has 0 spiro atoms. The summed E-state index contributed by atoms with van der Waals surface area (Å²) in [5.41, 5.74) is 5.91. The highest BCUT2D eigenvalue weighted by atomic mass is 16.1. The first-order chi connectivity index (χ1) is 7.02. The zero-order chi connectivity index (χ0) is 11.4. The molecule has 15 heavy (non-hydrogen) atoms. The predicted molar refractivity (Wildman–Crippen MR) is 57.9 cm³/mol. The second-order valence-electron chi connectivity index (χ2n) is 3.05. The molecule has 5 nitrogen and oxygen atoms in total. The van der Waals surface area contributed by atoms with Crippen molar-refractivity contribution in [3.8, 4) is 0 Å². The van der Waals surface area contributed by atoms with Crippen LogP contribution in [0.1, 0.15) is 18.6 Å². The number of aromatic nitrogens is 3. The minimum atomic E-state index is -0.115. The van der Waals surface area contributed by atoms with E-state index in [1.807, 2.05) is 0 Å². The summed E-state index contributed by atoms with van der Waals surface area (Å²) in [6.45, 7) is 8.70. The first-order valence-electron chi connectivity index (χ1n) is 4.34. The molecule has 0 aliphatic carbocycles. The third-order valence-electron chi connectivity index (χ3n) is 1.69. The third kappa shape index (κ3) is 2.98. The molecule has 1 heterocycles. The molecule has 1 aromatic rings. The fourth-order valence-electron chi connectivity index (χ4n) is 0.922. The lowest BCUT2D eigenvalue weighted by Crippen LogP contribution is -2.10. The average molecular weight is 204 g/mol. The lowest BCUT2D eigenvalue weighted by molar-refractivity contribution is -0.115. The van der Waals surface area contributed by atoms with Crippen LogP contribution in [0.2, 0.25) is 0 Å². The van der Waals surface area contributed by atoms with Gasteiger partial charge in [-0.3, -0.25) is 4.79 Å². The van der Waals surface area contributed by atoms with Crippen LogP contribution in [0.5, 0.6) is 0 Å². The summed E-state index contributed by atoms with van der Waals surface area (Å²) in [4.78, 5) is 23.0. The molecule has 2 N–H and O–H groups in total. The normalized spacial score (nSPS) is 9.67. The van der Waals surface area contributed by atoms with E-state index in [0.29, 0.717) is 17.2 Å². The maximum Gasteiger partial charge on any atom is 0.223 e. The minimum absolute atomic E-state index is 0.0862. The summed E-state index contributed by atoms with van der Waals surface area (Å²) in [5.74, 6) is 0.678. The Balaban J connectivity index is 2.95. The van der Waals surface area contributed by atoms with Gasteiger partial charge in [0.25, 0.3) is 0 Å². The monoisotopic (exact) mass is 204 g/mol. The van der Waals surface area contributed by atoms with Gasteiger partial charge >= 0.3 is 0 Å². The van der Waals surface area contributed by atoms with Crippen LogP contribution in [0.15, 0.2) is 18.7 Å². The summed E-state index contributed by atoms with van der Waals surface area (Å²) < 4.78 is 0. The van der Waals surface area contributed by atoms with Gasteiger partial charge in [-0.1, -0.05) is 13.2 Å². The Morgan fingerprint density at radius 2 is 2.13 bits per heavy atom. The van der Waals surface area contributed by atoms with Crippen molar-refractivity contribution in [2.24, 2.45) is 0 Å². The van der Waals surface area contributed by atoms with E-state index in [2.05, 4.69) is 28.1 Å². The molecule has 78 valence electrons. The van der Waals surface area contributed by atoms with Crippen molar-refractivity contribution in [3.63, 3.8) is 0 Å². The van der Waals surface area contributed by atoms with Gasteiger partial charge in [-0.2, -0.15) is 9.97 Å².